The molecular formula is C21H18BrF2N2O6P. The minimum atomic E-state index is -4.55. The second-order valence-corrected chi connectivity index (χ2v) is 10.4. The number of hydrogen-bond donors (Lipinski definition) is 1. The van der Waals surface area contributed by atoms with Crippen molar-refractivity contribution < 1.29 is 33.0 Å². The van der Waals surface area contributed by atoms with Crippen LogP contribution in [0.5, 0.6) is 0 Å². The van der Waals surface area contributed by atoms with Crippen LogP contribution in [0, 0.1) is 0 Å². The van der Waals surface area contributed by atoms with E-state index in [0.717, 1.165) is 12.8 Å². The highest BCUT2D eigenvalue weighted by atomic mass is 79.9. The van der Waals surface area contributed by atoms with Gasteiger partial charge in [-0.1, -0.05) is 40.2 Å². The van der Waals surface area contributed by atoms with Crippen LogP contribution in [0.4, 0.5) is 9.05 Å². The van der Waals surface area contributed by atoms with E-state index in [0.29, 0.717) is 21.3 Å². The third-order valence-corrected chi connectivity index (χ3v) is 7.27. The molecule has 0 radical (unpaired) electrons. The molecule has 0 unspecified atom stereocenters. The minimum Gasteiger partial charge on any atom is -0.478 e. The molecule has 0 amide bonds. The summed E-state index contributed by atoms with van der Waals surface area (Å²) in [5, 5.41) is 9.33. The lowest BCUT2D eigenvalue weighted by Gasteiger charge is -2.12. The average molecular weight is 543 g/mol. The first kappa shape index (κ1) is 23.6. The van der Waals surface area contributed by atoms with Crippen molar-refractivity contribution in [3.8, 4) is 11.3 Å². The third kappa shape index (κ3) is 5.01. The summed E-state index contributed by atoms with van der Waals surface area (Å²) in [6.45, 7) is 0.154. The van der Waals surface area contributed by atoms with E-state index in [1.165, 1.54) is 18.2 Å². The van der Waals surface area contributed by atoms with Crippen LogP contribution in [0.15, 0.2) is 57.9 Å². The molecule has 0 atom stereocenters. The second-order valence-electron chi connectivity index (χ2n) is 7.74. The van der Waals surface area contributed by atoms with Crippen molar-refractivity contribution in [3.63, 3.8) is 0 Å². The van der Waals surface area contributed by atoms with Gasteiger partial charge in [-0.3, -0.25) is 13.7 Å². The van der Waals surface area contributed by atoms with Crippen molar-refractivity contribution in [2.45, 2.75) is 31.6 Å². The van der Waals surface area contributed by atoms with Crippen LogP contribution >= 0.6 is 23.5 Å². The molecule has 2 aromatic carbocycles. The number of nitrogens with zero attached hydrogens (tertiary/aromatic N) is 2. The van der Waals surface area contributed by atoms with Crippen LogP contribution in [0.1, 0.15) is 40.4 Å². The zero-order valence-electron chi connectivity index (χ0n) is 17.0. The number of aromatic nitrogens is 2. The Morgan fingerprint density at radius 3 is 2.52 bits per heavy atom. The predicted molar refractivity (Wildman–Crippen MR) is 118 cm³/mol. The van der Waals surface area contributed by atoms with Gasteiger partial charge in [0.25, 0.3) is 0 Å². The molecule has 0 spiro atoms. The first-order valence-electron chi connectivity index (χ1n) is 9.87. The maximum absolute atomic E-state index is 13.1. The number of carbonyl (C=O) groups is 1. The maximum Gasteiger partial charge on any atom is 0.399 e. The lowest BCUT2D eigenvalue weighted by molar-refractivity contribution is -0.0881. The standard InChI is InChI=1S/C21H18BrF2N2O6P/c22-18-8-13(4-5-16(18)12-33(30,31-23)32-24)10-26-19(11-25(21(26)29)17-6-7-17)14-2-1-3-15(9-14)20(27)28/h1-5,8-9,11,17H,6-7,10,12H2,(H,27,28). The van der Waals surface area contributed by atoms with Gasteiger partial charge in [-0.25, -0.2) is 9.59 Å². The number of benzene rings is 2. The largest absolute Gasteiger partial charge is 0.478 e. The summed E-state index contributed by atoms with van der Waals surface area (Å²) in [7, 11) is -4.55. The van der Waals surface area contributed by atoms with Gasteiger partial charge in [0.2, 0.25) is 0 Å². The SMILES string of the molecule is O=C(O)c1cccc(-c2cn(C3CC3)c(=O)n2Cc2ccc(CP(=O)(OF)OF)c(Br)c2)c1. The van der Waals surface area contributed by atoms with Gasteiger partial charge in [-0.05, 0) is 51.2 Å². The molecule has 4 rings (SSSR count). The van der Waals surface area contributed by atoms with Gasteiger partial charge >= 0.3 is 19.3 Å². The summed E-state index contributed by atoms with van der Waals surface area (Å²) < 4.78 is 46.5. The Labute approximate surface area is 194 Å². The van der Waals surface area contributed by atoms with Gasteiger partial charge in [0, 0.05) is 22.3 Å². The number of imidazole rings is 1. The van der Waals surface area contributed by atoms with Crippen molar-refractivity contribution >= 4 is 29.5 Å². The predicted octanol–water partition coefficient (Wildman–Crippen LogP) is 5.66. The van der Waals surface area contributed by atoms with Gasteiger partial charge in [0.15, 0.2) is 0 Å². The van der Waals surface area contributed by atoms with Crippen molar-refractivity contribution in [2.24, 2.45) is 0 Å². The van der Waals surface area contributed by atoms with E-state index in [-0.39, 0.29) is 29.4 Å². The minimum absolute atomic E-state index is 0.104. The van der Waals surface area contributed by atoms with Gasteiger partial charge in [0.05, 0.1) is 24.0 Å². The van der Waals surface area contributed by atoms with E-state index < -0.39 is 19.7 Å². The Balaban J connectivity index is 1.70. The highest BCUT2D eigenvalue weighted by Crippen LogP contribution is 2.53. The molecule has 1 aliphatic carbocycles. The Morgan fingerprint density at radius 1 is 1.18 bits per heavy atom. The molecule has 12 heteroatoms. The highest BCUT2D eigenvalue weighted by Gasteiger charge is 2.30. The lowest BCUT2D eigenvalue weighted by Crippen LogP contribution is -2.24. The molecule has 1 fully saturated rings. The molecule has 1 aromatic heterocycles. The summed E-state index contributed by atoms with van der Waals surface area (Å²) >= 11 is 3.28. The number of halogens is 3. The molecule has 174 valence electrons. The molecule has 1 aliphatic rings. The third-order valence-electron chi connectivity index (χ3n) is 5.38. The molecule has 3 aromatic rings. The lowest BCUT2D eigenvalue weighted by atomic mass is 10.1. The van der Waals surface area contributed by atoms with Crippen LogP contribution in [-0.4, -0.2) is 20.2 Å². The molecular weight excluding hydrogens is 525 g/mol. The smallest absolute Gasteiger partial charge is 0.399 e. The van der Waals surface area contributed by atoms with Gasteiger partial charge in [-0.15, -0.1) is 9.46 Å². The summed E-state index contributed by atoms with van der Waals surface area (Å²) in [5.41, 5.74) is 1.99. The van der Waals surface area contributed by atoms with E-state index in [1.807, 2.05) is 0 Å². The highest BCUT2D eigenvalue weighted by molar-refractivity contribution is 9.10. The van der Waals surface area contributed by atoms with Crippen LogP contribution in [0.25, 0.3) is 11.3 Å². The fourth-order valence-electron chi connectivity index (χ4n) is 3.58. The molecule has 0 bridgehead atoms. The van der Waals surface area contributed by atoms with Crippen LogP contribution in [0.3, 0.4) is 0 Å². The van der Waals surface area contributed by atoms with Crippen molar-refractivity contribution in [1.82, 2.24) is 9.13 Å². The number of carboxylic acid groups (broad SMARTS) is 1. The molecule has 1 heterocycles. The normalized spacial score (nSPS) is 13.9. The molecule has 1 saturated carbocycles. The van der Waals surface area contributed by atoms with Crippen LogP contribution in [-0.2, 0) is 26.7 Å². The average Bonchev–Trinajstić information content (AvgIpc) is 3.60. The molecule has 0 saturated heterocycles. The number of carboxylic acids is 1. The molecule has 1 N–H and O–H groups in total. The van der Waals surface area contributed by atoms with Gasteiger partial charge < -0.3 is 5.11 Å². The maximum atomic E-state index is 13.1. The number of hydrogen-bond acceptors (Lipinski definition) is 5. The Kier molecular flexibility index (Phi) is 6.67. The van der Waals surface area contributed by atoms with E-state index in [4.69, 9.17) is 0 Å². The van der Waals surface area contributed by atoms with Gasteiger partial charge in [0.1, 0.15) is 0 Å². The van der Waals surface area contributed by atoms with Crippen molar-refractivity contribution in [3.05, 3.63) is 80.3 Å². The van der Waals surface area contributed by atoms with Gasteiger partial charge in [-0.2, -0.15) is 0 Å². The Morgan fingerprint density at radius 2 is 1.91 bits per heavy atom. The fourth-order valence-corrected chi connectivity index (χ4v) is 5.17. The molecule has 8 nitrogen and oxygen atoms in total. The summed E-state index contributed by atoms with van der Waals surface area (Å²) in [4.78, 5) is 24.5. The first-order valence-corrected chi connectivity index (χ1v) is 12.4. The Bertz CT molecular complexity index is 1310. The summed E-state index contributed by atoms with van der Waals surface area (Å²) in [5.74, 6) is -1.07. The molecule has 33 heavy (non-hydrogen) atoms. The summed E-state index contributed by atoms with van der Waals surface area (Å²) in [6.07, 6.45) is 2.89. The summed E-state index contributed by atoms with van der Waals surface area (Å²) in [6, 6.07) is 11.2. The topological polar surface area (TPSA) is 99.8 Å². The van der Waals surface area contributed by atoms with E-state index in [2.05, 4.69) is 25.4 Å². The monoisotopic (exact) mass is 542 g/mol. The van der Waals surface area contributed by atoms with Crippen molar-refractivity contribution in [2.75, 3.05) is 0 Å². The van der Waals surface area contributed by atoms with E-state index in [1.54, 1.807) is 39.6 Å². The zero-order chi connectivity index (χ0) is 23.8. The second kappa shape index (κ2) is 9.34. The van der Waals surface area contributed by atoms with Crippen molar-refractivity contribution in [1.29, 1.82) is 0 Å². The number of rotatable bonds is 9. The van der Waals surface area contributed by atoms with E-state index >= 15 is 0 Å². The fraction of sp³-hybridized carbons (Fsp3) is 0.238. The Hall–Kier alpha value is -2.59. The number of aromatic carboxylic acids is 1. The molecule has 0 aliphatic heterocycles. The van der Waals surface area contributed by atoms with Crippen LogP contribution < -0.4 is 5.69 Å². The first-order chi connectivity index (χ1) is 15.7. The zero-order valence-corrected chi connectivity index (χ0v) is 19.5. The quantitative estimate of drug-likeness (QED) is 0.350. The van der Waals surface area contributed by atoms with E-state index in [9.17, 15) is 28.3 Å². The van der Waals surface area contributed by atoms with Crippen LogP contribution in [0.2, 0.25) is 0 Å².